The molecule has 2 N–H and O–H groups in total. The number of hydrogen-bond acceptors (Lipinski definition) is 3. The van der Waals surface area contributed by atoms with Gasteiger partial charge in [0.1, 0.15) is 5.60 Å². The van der Waals surface area contributed by atoms with Gasteiger partial charge in [-0.3, -0.25) is 0 Å². The number of nitrogens with one attached hydrogen (secondary N) is 2. The van der Waals surface area contributed by atoms with Gasteiger partial charge < -0.3 is 15.4 Å². The number of carbonyl (C=O) groups excluding carboxylic acids is 1. The number of alkyl carbamates (subject to hydrolysis) is 1. The second kappa shape index (κ2) is 7.03. The minimum Gasteiger partial charge on any atom is -0.444 e. The number of ether oxygens (including phenoxy) is 1. The van der Waals surface area contributed by atoms with Gasteiger partial charge in [-0.15, -0.1) is 0 Å². The van der Waals surface area contributed by atoms with Crippen LogP contribution in [0.2, 0.25) is 0 Å². The minimum absolute atomic E-state index is 0.187. The number of benzene rings is 1. The lowest BCUT2D eigenvalue weighted by Gasteiger charge is -2.31. The first-order valence-corrected chi connectivity index (χ1v) is 8.14. The highest BCUT2D eigenvalue weighted by Gasteiger charge is 2.25. The lowest BCUT2D eigenvalue weighted by molar-refractivity contribution is 0.0492. The van der Waals surface area contributed by atoms with Crippen molar-refractivity contribution >= 4 is 11.8 Å². The third-order valence-electron chi connectivity index (χ3n) is 3.82. The molecule has 4 nitrogen and oxygen atoms in total. The number of amides is 1. The molecule has 0 aromatic heterocycles. The Labute approximate surface area is 133 Å². The number of carbonyl (C=O) groups is 1. The van der Waals surface area contributed by atoms with E-state index in [9.17, 15) is 4.79 Å². The fraction of sp³-hybridized carbons (Fsp3) is 0.611. The molecule has 122 valence electrons. The van der Waals surface area contributed by atoms with E-state index < -0.39 is 5.60 Å². The molecular weight excluding hydrogens is 276 g/mol. The maximum absolute atomic E-state index is 11.9. The van der Waals surface area contributed by atoms with E-state index >= 15 is 0 Å². The zero-order chi connectivity index (χ0) is 16.2. The Hall–Kier alpha value is -1.71. The van der Waals surface area contributed by atoms with Crippen molar-refractivity contribution in [2.45, 2.75) is 71.1 Å². The predicted molar refractivity (Wildman–Crippen MR) is 90.2 cm³/mol. The van der Waals surface area contributed by atoms with Crippen LogP contribution in [0, 0.1) is 6.92 Å². The Morgan fingerprint density at radius 1 is 1.14 bits per heavy atom. The Morgan fingerprint density at radius 2 is 1.77 bits per heavy atom. The summed E-state index contributed by atoms with van der Waals surface area (Å²) in [7, 11) is 0. The van der Waals surface area contributed by atoms with Gasteiger partial charge >= 0.3 is 6.09 Å². The highest BCUT2D eigenvalue weighted by Crippen LogP contribution is 2.23. The van der Waals surface area contributed by atoms with Crippen LogP contribution in [-0.4, -0.2) is 23.8 Å². The van der Waals surface area contributed by atoms with Gasteiger partial charge in [-0.05, 0) is 65.5 Å². The molecule has 1 amide bonds. The topological polar surface area (TPSA) is 50.4 Å². The molecule has 0 radical (unpaired) electrons. The summed E-state index contributed by atoms with van der Waals surface area (Å²) in [5.41, 5.74) is 1.96. The van der Waals surface area contributed by atoms with Gasteiger partial charge in [-0.2, -0.15) is 0 Å². The third-order valence-corrected chi connectivity index (χ3v) is 3.82. The Kier molecular flexibility index (Phi) is 5.33. The van der Waals surface area contributed by atoms with Crippen molar-refractivity contribution in [1.29, 1.82) is 0 Å². The second-order valence-electron chi connectivity index (χ2n) is 7.22. The van der Waals surface area contributed by atoms with E-state index in [2.05, 4.69) is 41.8 Å². The molecule has 2 atom stereocenters. The van der Waals surface area contributed by atoms with Crippen LogP contribution in [0.1, 0.15) is 52.0 Å². The summed E-state index contributed by atoms with van der Waals surface area (Å²) < 4.78 is 5.34. The summed E-state index contributed by atoms with van der Waals surface area (Å²) in [6, 6.07) is 9.03. The van der Waals surface area contributed by atoms with Crippen LogP contribution in [0.3, 0.4) is 0 Å². The molecule has 2 rings (SSSR count). The smallest absolute Gasteiger partial charge is 0.407 e. The summed E-state index contributed by atoms with van der Waals surface area (Å²) in [5.74, 6) is 0. The first-order valence-electron chi connectivity index (χ1n) is 8.14. The van der Waals surface area contributed by atoms with Gasteiger partial charge in [-0.25, -0.2) is 4.79 Å². The van der Waals surface area contributed by atoms with E-state index in [0.29, 0.717) is 6.04 Å². The molecule has 4 heteroatoms. The number of aryl methyl sites for hydroxylation is 1. The Balaban J connectivity index is 1.83. The third kappa shape index (κ3) is 5.58. The van der Waals surface area contributed by atoms with E-state index in [1.165, 1.54) is 5.56 Å². The van der Waals surface area contributed by atoms with Gasteiger partial charge in [0, 0.05) is 17.8 Å². The van der Waals surface area contributed by atoms with Crippen molar-refractivity contribution in [3.05, 3.63) is 29.8 Å². The zero-order valence-corrected chi connectivity index (χ0v) is 14.1. The van der Waals surface area contributed by atoms with Gasteiger partial charge in [0.05, 0.1) is 0 Å². The second-order valence-corrected chi connectivity index (χ2v) is 7.22. The summed E-state index contributed by atoms with van der Waals surface area (Å²) in [5, 5.41) is 6.57. The highest BCUT2D eigenvalue weighted by atomic mass is 16.6. The van der Waals surface area contributed by atoms with E-state index in [0.717, 1.165) is 31.4 Å². The van der Waals surface area contributed by atoms with Crippen LogP contribution in [0.4, 0.5) is 10.5 Å². The summed E-state index contributed by atoms with van der Waals surface area (Å²) in [6.45, 7) is 7.74. The molecule has 1 aliphatic carbocycles. The van der Waals surface area contributed by atoms with Crippen molar-refractivity contribution in [1.82, 2.24) is 5.32 Å². The average Bonchev–Trinajstić information content (AvgIpc) is 2.39. The number of anilines is 1. The molecule has 0 spiro atoms. The molecule has 0 bridgehead atoms. The molecular formula is C18H28N2O2. The maximum atomic E-state index is 11.9. The van der Waals surface area contributed by atoms with E-state index in [1.54, 1.807) is 0 Å². The molecule has 1 fully saturated rings. The predicted octanol–water partition coefficient (Wildman–Crippen LogP) is 4.24. The Bertz CT molecular complexity index is 491. The minimum atomic E-state index is -0.446. The number of rotatable bonds is 3. The highest BCUT2D eigenvalue weighted by molar-refractivity contribution is 5.68. The largest absolute Gasteiger partial charge is 0.444 e. The van der Waals surface area contributed by atoms with Crippen molar-refractivity contribution in [3.63, 3.8) is 0 Å². The SMILES string of the molecule is Cc1ccc(NC2CCCC(NC(=O)OC(C)(C)C)C2)cc1. The Morgan fingerprint density at radius 3 is 2.41 bits per heavy atom. The molecule has 0 aliphatic heterocycles. The van der Waals surface area contributed by atoms with Gasteiger partial charge in [-0.1, -0.05) is 17.7 Å². The lowest BCUT2D eigenvalue weighted by Crippen LogP contribution is -2.43. The molecule has 0 heterocycles. The van der Waals surface area contributed by atoms with Crippen molar-refractivity contribution in [2.24, 2.45) is 0 Å². The van der Waals surface area contributed by atoms with Crippen molar-refractivity contribution < 1.29 is 9.53 Å². The fourth-order valence-corrected chi connectivity index (χ4v) is 2.81. The van der Waals surface area contributed by atoms with Crippen LogP contribution in [-0.2, 0) is 4.74 Å². The van der Waals surface area contributed by atoms with Crippen LogP contribution >= 0.6 is 0 Å². The molecule has 1 aromatic carbocycles. The van der Waals surface area contributed by atoms with Crippen molar-refractivity contribution in [3.8, 4) is 0 Å². The van der Waals surface area contributed by atoms with Crippen LogP contribution in [0.15, 0.2) is 24.3 Å². The molecule has 0 saturated heterocycles. The quantitative estimate of drug-likeness (QED) is 0.878. The van der Waals surface area contributed by atoms with Gasteiger partial charge in [0.25, 0.3) is 0 Å². The standard InChI is InChI=1S/C18H28N2O2/c1-13-8-10-14(11-9-13)19-15-6-5-7-16(12-15)20-17(21)22-18(2,3)4/h8-11,15-16,19H,5-7,12H2,1-4H3,(H,20,21). The van der Waals surface area contributed by atoms with Crippen molar-refractivity contribution in [2.75, 3.05) is 5.32 Å². The van der Waals surface area contributed by atoms with E-state index in [-0.39, 0.29) is 12.1 Å². The normalized spacial score (nSPS) is 22.0. The summed E-state index contributed by atoms with van der Waals surface area (Å²) in [4.78, 5) is 11.9. The maximum Gasteiger partial charge on any atom is 0.407 e. The zero-order valence-electron chi connectivity index (χ0n) is 14.1. The molecule has 1 aliphatic rings. The number of hydrogen-bond donors (Lipinski definition) is 2. The average molecular weight is 304 g/mol. The van der Waals surface area contributed by atoms with Crippen LogP contribution in [0.5, 0.6) is 0 Å². The molecule has 1 aromatic rings. The van der Waals surface area contributed by atoms with Crippen LogP contribution in [0.25, 0.3) is 0 Å². The molecule has 1 saturated carbocycles. The fourth-order valence-electron chi connectivity index (χ4n) is 2.81. The summed E-state index contributed by atoms with van der Waals surface area (Å²) in [6.07, 6.45) is 3.90. The first kappa shape index (κ1) is 16.7. The van der Waals surface area contributed by atoms with Gasteiger partial charge in [0.2, 0.25) is 0 Å². The first-order chi connectivity index (χ1) is 10.3. The van der Waals surface area contributed by atoms with E-state index in [1.807, 2.05) is 20.8 Å². The van der Waals surface area contributed by atoms with Crippen LogP contribution < -0.4 is 10.6 Å². The lowest BCUT2D eigenvalue weighted by atomic mass is 9.91. The van der Waals surface area contributed by atoms with Gasteiger partial charge in [0.15, 0.2) is 0 Å². The molecule has 22 heavy (non-hydrogen) atoms. The molecule has 2 unspecified atom stereocenters. The monoisotopic (exact) mass is 304 g/mol. The van der Waals surface area contributed by atoms with E-state index in [4.69, 9.17) is 4.74 Å². The summed E-state index contributed by atoms with van der Waals surface area (Å²) >= 11 is 0.